The normalized spacial score (nSPS) is 12.4. The molecule has 0 aromatic carbocycles. The number of hydrogen-bond acceptors (Lipinski definition) is 4. The second-order valence-corrected chi connectivity index (χ2v) is 3.07. The highest BCUT2D eigenvalue weighted by Gasteiger charge is 1.94. The summed E-state index contributed by atoms with van der Waals surface area (Å²) >= 11 is 0. The molecule has 7 heteroatoms. The number of ether oxygens (including phenoxy) is 2. The molecule has 0 radical (unpaired) electrons. The van der Waals surface area contributed by atoms with E-state index in [1.165, 1.54) is 0 Å². The van der Waals surface area contributed by atoms with Gasteiger partial charge in [-0.15, -0.1) is 13.2 Å². The lowest BCUT2D eigenvalue weighted by Crippen LogP contribution is -1.89. The average molecular weight is 240 g/mol. The Hall–Kier alpha value is -0.730. The van der Waals surface area contributed by atoms with E-state index >= 15 is 0 Å². The Balaban J connectivity index is 0. The van der Waals surface area contributed by atoms with E-state index in [2.05, 4.69) is 17.9 Å². The van der Waals surface area contributed by atoms with Gasteiger partial charge in [0.25, 0.3) is 0 Å². The van der Waals surface area contributed by atoms with E-state index in [9.17, 15) is 0 Å². The summed E-state index contributed by atoms with van der Waals surface area (Å²) in [6.45, 7) is 10.2. The minimum absolute atomic E-state index is 0.617. The van der Waals surface area contributed by atoms with Gasteiger partial charge in [0.2, 0.25) is 0 Å². The Morgan fingerprint density at radius 3 is 1.60 bits per heavy atom. The lowest BCUT2D eigenvalue weighted by atomic mass is 10.6. The summed E-state index contributed by atoms with van der Waals surface area (Å²) in [5.41, 5.74) is 0. The van der Waals surface area contributed by atoms with Gasteiger partial charge < -0.3 is 9.47 Å². The molecule has 90 valence electrons. The van der Waals surface area contributed by atoms with E-state index < -0.39 is 10.4 Å². The van der Waals surface area contributed by atoms with Crippen molar-refractivity contribution in [1.82, 2.24) is 0 Å². The molecule has 1 aliphatic rings. The van der Waals surface area contributed by atoms with Crippen LogP contribution >= 0.6 is 0 Å². The molecule has 2 N–H and O–H groups in total. The van der Waals surface area contributed by atoms with Crippen molar-refractivity contribution < 1.29 is 27.0 Å². The van der Waals surface area contributed by atoms with Crippen LogP contribution < -0.4 is 0 Å². The number of hydrogen-bond donors (Lipinski definition) is 2. The third kappa shape index (κ3) is 92.4. The van der Waals surface area contributed by atoms with Crippen molar-refractivity contribution in [3.05, 3.63) is 25.3 Å². The zero-order valence-electron chi connectivity index (χ0n) is 8.33. The van der Waals surface area contributed by atoms with Crippen molar-refractivity contribution in [1.29, 1.82) is 0 Å². The van der Waals surface area contributed by atoms with Gasteiger partial charge in [-0.05, 0) is 0 Å². The molecular formula is C8H16O6S. The quantitative estimate of drug-likeness (QED) is 0.325. The molecule has 1 aliphatic heterocycles. The maximum atomic E-state index is 8.74. The topological polar surface area (TPSA) is 96.4 Å². The summed E-state index contributed by atoms with van der Waals surface area (Å²) < 4.78 is 41.0. The molecule has 0 aliphatic carbocycles. The molecule has 1 fully saturated rings. The molecule has 0 amide bonds. The van der Waals surface area contributed by atoms with Crippen LogP contribution in [0.5, 0.6) is 0 Å². The van der Waals surface area contributed by atoms with Gasteiger partial charge in [-0.25, -0.2) is 0 Å². The first-order valence-corrected chi connectivity index (χ1v) is 5.38. The third-order valence-corrected chi connectivity index (χ3v) is 0.676. The predicted molar refractivity (Wildman–Crippen MR) is 56.2 cm³/mol. The van der Waals surface area contributed by atoms with Gasteiger partial charge in [-0.1, -0.05) is 12.2 Å². The van der Waals surface area contributed by atoms with Gasteiger partial charge >= 0.3 is 10.4 Å². The highest BCUT2D eigenvalue weighted by atomic mass is 32.3. The van der Waals surface area contributed by atoms with E-state index in [1.54, 1.807) is 12.2 Å². The molecule has 15 heavy (non-hydrogen) atoms. The van der Waals surface area contributed by atoms with E-state index in [0.29, 0.717) is 13.2 Å². The minimum Gasteiger partial charge on any atom is -0.377 e. The van der Waals surface area contributed by atoms with Gasteiger partial charge in [-0.2, -0.15) is 8.42 Å². The zero-order valence-corrected chi connectivity index (χ0v) is 9.15. The maximum absolute atomic E-state index is 8.74. The standard InChI is InChI=1S/C6H10O.C2H4O.H2O4S/c1-3-5-7-6-4-2;1-2-3-1;1-5(2,3)4/h3-4H,1-2,5-6H2;1-2H2;(H2,1,2,3,4). The molecule has 6 nitrogen and oxygen atoms in total. The first-order valence-electron chi connectivity index (χ1n) is 3.99. The van der Waals surface area contributed by atoms with Crippen molar-refractivity contribution in [3.8, 4) is 0 Å². The molecule has 0 saturated carbocycles. The monoisotopic (exact) mass is 240 g/mol. The Kier molecular flexibility index (Phi) is 12.6. The van der Waals surface area contributed by atoms with Crippen molar-refractivity contribution in [3.63, 3.8) is 0 Å². The summed E-state index contributed by atoms with van der Waals surface area (Å²) in [6.07, 6.45) is 3.42. The van der Waals surface area contributed by atoms with Crippen LogP contribution in [0.25, 0.3) is 0 Å². The van der Waals surface area contributed by atoms with Crippen LogP contribution in [0.4, 0.5) is 0 Å². The first kappa shape index (κ1) is 16.7. The van der Waals surface area contributed by atoms with Crippen molar-refractivity contribution in [2.45, 2.75) is 0 Å². The molecule has 0 atom stereocenters. The molecule has 0 bridgehead atoms. The molecule has 0 aromatic heterocycles. The highest BCUT2D eigenvalue weighted by Crippen LogP contribution is 1.84. The van der Waals surface area contributed by atoms with Crippen molar-refractivity contribution >= 4 is 10.4 Å². The average Bonchev–Trinajstić information content (AvgIpc) is 2.87. The fourth-order valence-corrected chi connectivity index (χ4v) is 0.235. The third-order valence-electron chi connectivity index (χ3n) is 0.676. The summed E-state index contributed by atoms with van der Waals surface area (Å²) in [4.78, 5) is 0. The van der Waals surface area contributed by atoms with Crippen LogP contribution in [-0.2, 0) is 19.9 Å². The largest absolute Gasteiger partial charge is 0.394 e. The van der Waals surface area contributed by atoms with E-state index in [-0.39, 0.29) is 0 Å². The Morgan fingerprint density at radius 1 is 1.20 bits per heavy atom. The van der Waals surface area contributed by atoms with Crippen LogP contribution in [-0.4, -0.2) is 44.0 Å². The zero-order chi connectivity index (χ0) is 12.2. The lowest BCUT2D eigenvalue weighted by molar-refractivity contribution is 0.194. The smallest absolute Gasteiger partial charge is 0.377 e. The first-order chi connectivity index (χ1) is 6.91. The van der Waals surface area contributed by atoms with E-state index in [1.807, 2.05) is 0 Å². The Labute approximate surface area is 89.8 Å². The SMILES string of the molecule is C1CO1.C=CCOCC=C.O=S(=O)(O)O. The fourth-order valence-electron chi connectivity index (χ4n) is 0.235. The van der Waals surface area contributed by atoms with Crippen LogP contribution in [0, 0.1) is 0 Å². The van der Waals surface area contributed by atoms with Crippen molar-refractivity contribution in [2.75, 3.05) is 26.4 Å². The minimum atomic E-state index is -4.67. The highest BCUT2D eigenvalue weighted by molar-refractivity contribution is 7.79. The molecule has 1 heterocycles. The molecule has 1 rings (SSSR count). The molecule has 0 spiro atoms. The molecule has 0 unspecified atom stereocenters. The molecule has 0 aromatic rings. The second-order valence-electron chi connectivity index (χ2n) is 2.18. The lowest BCUT2D eigenvalue weighted by Gasteiger charge is -1.89. The van der Waals surface area contributed by atoms with Gasteiger partial charge in [0.15, 0.2) is 0 Å². The van der Waals surface area contributed by atoms with Gasteiger partial charge in [-0.3, -0.25) is 9.11 Å². The molecule has 1 saturated heterocycles. The van der Waals surface area contributed by atoms with Crippen LogP contribution in [0.1, 0.15) is 0 Å². The van der Waals surface area contributed by atoms with Crippen LogP contribution in [0.15, 0.2) is 25.3 Å². The Bertz CT molecular complexity index is 225. The van der Waals surface area contributed by atoms with E-state index in [4.69, 9.17) is 22.3 Å². The summed E-state index contributed by atoms with van der Waals surface area (Å²) in [7, 11) is -4.67. The van der Waals surface area contributed by atoms with Crippen molar-refractivity contribution in [2.24, 2.45) is 0 Å². The predicted octanol–water partition coefficient (Wildman–Crippen LogP) is 0.739. The van der Waals surface area contributed by atoms with E-state index in [0.717, 1.165) is 13.2 Å². The Morgan fingerprint density at radius 2 is 1.47 bits per heavy atom. The maximum Gasteiger partial charge on any atom is 0.394 e. The van der Waals surface area contributed by atoms with Crippen LogP contribution in [0.3, 0.4) is 0 Å². The van der Waals surface area contributed by atoms with Gasteiger partial charge in [0, 0.05) is 0 Å². The number of epoxide rings is 1. The van der Waals surface area contributed by atoms with Gasteiger partial charge in [0.1, 0.15) is 0 Å². The summed E-state index contributed by atoms with van der Waals surface area (Å²) in [5.74, 6) is 0. The molecular weight excluding hydrogens is 224 g/mol. The van der Waals surface area contributed by atoms with Crippen LogP contribution in [0.2, 0.25) is 0 Å². The number of rotatable bonds is 4. The second kappa shape index (κ2) is 11.3. The fraction of sp³-hybridized carbons (Fsp3) is 0.500. The summed E-state index contributed by atoms with van der Waals surface area (Å²) in [5, 5.41) is 0. The van der Waals surface area contributed by atoms with Gasteiger partial charge in [0.05, 0.1) is 26.4 Å². The summed E-state index contributed by atoms with van der Waals surface area (Å²) in [6, 6.07) is 0.